The van der Waals surface area contributed by atoms with Crippen molar-refractivity contribution >= 4 is 29.7 Å². The molecule has 1 unspecified atom stereocenters. The zero-order chi connectivity index (χ0) is 27.3. The van der Waals surface area contributed by atoms with Gasteiger partial charge >= 0.3 is 12.2 Å². The van der Waals surface area contributed by atoms with Gasteiger partial charge in [-0.2, -0.15) is 0 Å². The minimum Gasteiger partial charge on any atom is -0.444 e. The van der Waals surface area contributed by atoms with E-state index in [1.807, 2.05) is 6.92 Å². The molecule has 1 aliphatic heterocycles. The second-order valence-electron chi connectivity index (χ2n) is 11.1. The van der Waals surface area contributed by atoms with Crippen molar-refractivity contribution in [3.8, 4) is 0 Å². The van der Waals surface area contributed by atoms with E-state index >= 15 is 0 Å². The molecule has 10 heteroatoms. The Hall–Kier alpha value is -2.52. The van der Waals surface area contributed by atoms with Crippen LogP contribution in [0.15, 0.2) is 24.3 Å². The van der Waals surface area contributed by atoms with Crippen LogP contribution < -0.4 is 5.43 Å². The number of carbonyl (C=O) groups is 3. The van der Waals surface area contributed by atoms with Crippen molar-refractivity contribution in [2.24, 2.45) is 5.92 Å². The van der Waals surface area contributed by atoms with Crippen LogP contribution in [-0.4, -0.2) is 57.4 Å². The number of amides is 3. The molecule has 2 N–H and O–H groups in total. The lowest BCUT2D eigenvalue weighted by Crippen LogP contribution is -2.61. The summed E-state index contributed by atoms with van der Waals surface area (Å²) in [6.45, 7) is 13.0. The number of likely N-dealkylation sites (tertiary alicyclic amines) is 1. The molecular weight excluding hydrogens is 486 g/mol. The summed E-state index contributed by atoms with van der Waals surface area (Å²) in [5, 5.41) is 13.3. The molecule has 0 bridgehead atoms. The first kappa shape index (κ1) is 29.7. The molecule has 1 saturated heterocycles. The van der Waals surface area contributed by atoms with Crippen molar-refractivity contribution in [1.29, 1.82) is 0 Å². The number of aliphatic hydroxyl groups is 1. The summed E-state index contributed by atoms with van der Waals surface area (Å²) in [5.74, 6) is -0.995. The van der Waals surface area contributed by atoms with Crippen LogP contribution in [0.4, 0.5) is 9.59 Å². The lowest BCUT2D eigenvalue weighted by atomic mass is 9.92. The fourth-order valence-electron chi connectivity index (χ4n) is 3.99. The van der Waals surface area contributed by atoms with Gasteiger partial charge in [-0.05, 0) is 66.5 Å². The van der Waals surface area contributed by atoms with Crippen LogP contribution in [0, 0.1) is 5.92 Å². The number of hydrazine groups is 1. The highest BCUT2D eigenvalue weighted by Crippen LogP contribution is 2.33. The second-order valence-corrected chi connectivity index (χ2v) is 11.5. The lowest BCUT2D eigenvalue weighted by Gasteiger charge is -2.42. The van der Waals surface area contributed by atoms with Gasteiger partial charge in [0.15, 0.2) is 5.72 Å². The molecule has 36 heavy (non-hydrogen) atoms. The Morgan fingerprint density at radius 2 is 1.56 bits per heavy atom. The SMILES string of the molecule is CCCC(O)(c1ccc(Cl)cc1)N(NC(=O)OC(C)(C)C)C(=O)C1CCN(C(=O)OC(C)(C)C)CC1. The highest BCUT2D eigenvalue weighted by molar-refractivity contribution is 6.30. The molecule has 1 fully saturated rings. The van der Waals surface area contributed by atoms with Crippen LogP contribution in [0.1, 0.15) is 79.7 Å². The van der Waals surface area contributed by atoms with Crippen molar-refractivity contribution in [1.82, 2.24) is 15.3 Å². The van der Waals surface area contributed by atoms with E-state index in [2.05, 4.69) is 5.43 Å². The topological polar surface area (TPSA) is 108 Å². The minimum absolute atomic E-state index is 0.160. The standard InChI is InChI=1S/C26H40ClN3O6/c1-8-15-26(34,19-9-11-20(27)12-10-19)30(28-22(32)35-24(2,3)4)21(31)18-13-16-29(17-14-18)23(33)36-25(5,6)7/h9-12,18,34H,8,13-17H2,1-7H3,(H,28,32). The highest BCUT2D eigenvalue weighted by Gasteiger charge is 2.44. The molecule has 1 aliphatic rings. The van der Waals surface area contributed by atoms with E-state index in [4.69, 9.17) is 21.1 Å². The van der Waals surface area contributed by atoms with Gasteiger partial charge in [0.25, 0.3) is 0 Å². The average molecular weight is 526 g/mol. The normalized spacial score (nSPS) is 16.6. The molecule has 3 amide bonds. The first-order valence-corrected chi connectivity index (χ1v) is 12.7. The van der Waals surface area contributed by atoms with E-state index in [1.54, 1.807) is 70.7 Å². The number of halogens is 1. The Bertz CT molecular complexity index is 917. The summed E-state index contributed by atoms with van der Waals surface area (Å²) in [6.07, 6.45) is 0.107. The summed E-state index contributed by atoms with van der Waals surface area (Å²) < 4.78 is 10.8. The summed E-state index contributed by atoms with van der Waals surface area (Å²) >= 11 is 6.04. The van der Waals surface area contributed by atoms with Crippen LogP contribution in [0.25, 0.3) is 0 Å². The average Bonchev–Trinajstić information content (AvgIpc) is 2.75. The van der Waals surface area contributed by atoms with E-state index in [-0.39, 0.29) is 6.42 Å². The quantitative estimate of drug-likeness (QED) is 0.404. The number of rotatable bonds is 5. The van der Waals surface area contributed by atoms with Gasteiger partial charge in [0, 0.05) is 36.0 Å². The maximum atomic E-state index is 13.8. The molecule has 1 aromatic carbocycles. The molecule has 9 nitrogen and oxygen atoms in total. The fraction of sp³-hybridized carbons (Fsp3) is 0.654. The third kappa shape index (κ3) is 8.27. The molecule has 0 aliphatic carbocycles. The van der Waals surface area contributed by atoms with Crippen molar-refractivity contribution in [3.63, 3.8) is 0 Å². The van der Waals surface area contributed by atoms with Gasteiger partial charge in [-0.25, -0.2) is 20.0 Å². The molecule has 0 radical (unpaired) electrons. The van der Waals surface area contributed by atoms with Crippen LogP contribution >= 0.6 is 11.6 Å². The van der Waals surface area contributed by atoms with E-state index in [1.165, 1.54) is 0 Å². The van der Waals surface area contributed by atoms with Crippen molar-refractivity contribution in [2.45, 2.75) is 91.1 Å². The van der Waals surface area contributed by atoms with Crippen molar-refractivity contribution in [2.75, 3.05) is 13.1 Å². The summed E-state index contributed by atoms with van der Waals surface area (Å²) in [5.41, 5.74) is -0.345. The number of benzene rings is 1. The summed E-state index contributed by atoms with van der Waals surface area (Å²) in [4.78, 5) is 40.6. The number of hydrogen-bond acceptors (Lipinski definition) is 6. The predicted molar refractivity (Wildman–Crippen MR) is 137 cm³/mol. The van der Waals surface area contributed by atoms with Gasteiger partial charge in [-0.3, -0.25) is 4.79 Å². The minimum atomic E-state index is -1.84. The Morgan fingerprint density at radius 3 is 2.03 bits per heavy atom. The van der Waals surface area contributed by atoms with Crippen LogP contribution in [-0.2, 0) is 20.0 Å². The molecule has 1 atom stereocenters. The molecule has 0 saturated carbocycles. The third-order valence-corrected chi connectivity index (χ3v) is 5.85. The molecule has 0 spiro atoms. The maximum Gasteiger partial charge on any atom is 0.426 e. The zero-order valence-corrected chi connectivity index (χ0v) is 23.1. The van der Waals surface area contributed by atoms with Crippen LogP contribution in [0.2, 0.25) is 5.02 Å². The van der Waals surface area contributed by atoms with E-state index in [9.17, 15) is 19.5 Å². The van der Waals surface area contributed by atoms with Crippen molar-refractivity contribution < 1.29 is 29.0 Å². The number of hydrogen-bond donors (Lipinski definition) is 2. The lowest BCUT2D eigenvalue weighted by molar-refractivity contribution is -0.182. The Kier molecular flexibility index (Phi) is 9.64. The van der Waals surface area contributed by atoms with E-state index < -0.39 is 40.9 Å². The van der Waals surface area contributed by atoms with Gasteiger partial charge in [0.1, 0.15) is 11.2 Å². The predicted octanol–water partition coefficient (Wildman–Crippen LogP) is 5.20. The van der Waals surface area contributed by atoms with Gasteiger partial charge in [-0.15, -0.1) is 0 Å². The number of ether oxygens (including phenoxy) is 2. The second kappa shape index (κ2) is 11.7. The van der Waals surface area contributed by atoms with E-state index in [0.29, 0.717) is 42.9 Å². The summed E-state index contributed by atoms with van der Waals surface area (Å²) in [7, 11) is 0. The number of nitrogens with one attached hydrogen (secondary N) is 1. The number of carbonyl (C=O) groups excluding carboxylic acids is 3. The number of nitrogens with zero attached hydrogens (tertiary/aromatic N) is 2. The molecule has 0 aromatic heterocycles. The smallest absolute Gasteiger partial charge is 0.426 e. The van der Waals surface area contributed by atoms with Crippen LogP contribution in [0.3, 0.4) is 0 Å². The summed E-state index contributed by atoms with van der Waals surface area (Å²) in [6, 6.07) is 6.49. The fourth-order valence-corrected chi connectivity index (χ4v) is 4.12. The molecule has 2 rings (SSSR count). The third-order valence-electron chi connectivity index (χ3n) is 5.59. The first-order valence-electron chi connectivity index (χ1n) is 12.4. The molecule has 202 valence electrons. The van der Waals surface area contributed by atoms with Gasteiger partial charge < -0.3 is 19.5 Å². The monoisotopic (exact) mass is 525 g/mol. The first-order chi connectivity index (χ1) is 16.6. The Balaban J connectivity index is 2.32. The zero-order valence-electron chi connectivity index (χ0n) is 22.4. The highest BCUT2D eigenvalue weighted by atomic mass is 35.5. The largest absolute Gasteiger partial charge is 0.444 e. The van der Waals surface area contributed by atoms with Crippen LogP contribution in [0.5, 0.6) is 0 Å². The molecule has 1 heterocycles. The van der Waals surface area contributed by atoms with E-state index in [0.717, 1.165) is 5.01 Å². The van der Waals surface area contributed by atoms with Gasteiger partial charge in [0.05, 0.1) is 0 Å². The number of piperidine rings is 1. The van der Waals surface area contributed by atoms with Crippen molar-refractivity contribution in [3.05, 3.63) is 34.9 Å². The molecular formula is C26H40ClN3O6. The van der Waals surface area contributed by atoms with Gasteiger partial charge in [0.2, 0.25) is 5.91 Å². The Labute approximate surface area is 219 Å². The maximum absolute atomic E-state index is 13.8. The Morgan fingerprint density at radius 1 is 1.03 bits per heavy atom. The molecule has 1 aromatic rings. The van der Waals surface area contributed by atoms with Gasteiger partial charge in [-0.1, -0.05) is 37.1 Å².